The number of hydrogen-bond donors (Lipinski definition) is 1. The molecule has 0 heterocycles. The van der Waals surface area contributed by atoms with Crippen LogP contribution in [0.15, 0.2) is 42.5 Å². The summed E-state index contributed by atoms with van der Waals surface area (Å²) in [6.45, 7) is 12.3. The van der Waals surface area contributed by atoms with Gasteiger partial charge in [-0.05, 0) is 58.2 Å². The van der Waals surface area contributed by atoms with E-state index in [1.165, 1.54) is 16.7 Å². The molecular weight excluding hydrogens is 392 g/mol. The van der Waals surface area contributed by atoms with E-state index >= 15 is 0 Å². The first-order chi connectivity index (χ1) is 14.2. The molecule has 2 amide bonds. The molecule has 0 fully saturated rings. The molecule has 1 atom stereocenters. The van der Waals surface area contributed by atoms with Crippen molar-refractivity contribution >= 4 is 23.6 Å². The number of thioether (sulfide) groups is 1. The van der Waals surface area contributed by atoms with Gasteiger partial charge in [-0.3, -0.25) is 9.59 Å². The molecule has 2 rings (SSSR count). The van der Waals surface area contributed by atoms with Gasteiger partial charge in [-0.25, -0.2) is 0 Å². The quantitative estimate of drug-likeness (QED) is 0.627. The summed E-state index contributed by atoms with van der Waals surface area (Å²) in [5.74, 6) is 0.988. The molecule has 1 N–H and O–H groups in total. The van der Waals surface area contributed by atoms with Crippen molar-refractivity contribution in [3.8, 4) is 0 Å². The van der Waals surface area contributed by atoms with E-state index in [1.807, 2.05) is 52.0 Å². The van der Waals surface area contributed by atoms with Crippen molar-refractivity contribution in [1.29, 1.82) is 0 Å². The van der Waals surface area contributed by atoms with E-state index in [2.05, 4.69) is 37.4 Å². The van der Waals surface area contributed by atoms with Gasteiger partial charge in [0.05, 0.1) is 5.75 Å². The number of hydrogen-bond acceptors (Lipinski definition) is 3. The van der Waals surface area contributed by atoms with Crippen molar-refractivity contribution < 1.29 is 9.59 Å². The van der Waals surface area contributed by atoms with Crippen LogP contribution >= 0.6 is 11.8 Å². The fraction of sp³-hybridized carbons (Fsp3) is 0.440. The van der Waals surface area contributed by atoms with Crippen molar-refractivity contribution in [1.82, 2.24) is 10.2 Å². The lowest BCUT2D eigenvalue weighted by atomic mass is 10.1. The van der Waals surface area contributed by atoms with Gasteiger partial charge in [0, 0.05) is 18.3 Å². The Bertz CT molecular complexity index is 859. The summed E-state index contributed by atoms with van der Waals surface area (Å²) in [7, 11) is 0. The largest absolute Gasteiger partial charge is 0.352 e. The molecule has 0 saturated heterocycles. The molecule has 2 aromatic rings. The zero-order valence-electron chi connectivity index (χ0n) is 19.0. The first-order valence-electron chi connectivity index (χ1n) is 10.5. The van der Waals surface area contributed by atoms with Crippen LogP contribution in [0.25, 0.3) is 0 Å². The molecule has 5 heteroatoms. The maximum atomic E-state index is 13.1. The Hall–Kier alpha value is -2.27. The van der Waals surface area contributed by atoms with Crippen LogP contribution in [0, 0.1) is 20.8 Å². The summed E-state index contributed by atoms with van der Waals surface area (Å²) in [6, 6.07) is 14.0. The molecule has 0 aliphatic carbocycles. The Balaban J connectivity index is 2.10. The van der Waals surface area contributed by atoms with Gasteiger partial charge >= 0.3 is 0 Å². The van der Waals surface area contributed by atoms with E-state index in [4.69, 9.17) is 0 Å². The molecular formula is C25H34N2O2S. The van der Waals surface area contributed by atoms with E-state index in [0.717, 1.165) is 16.9 Å². The standard InChI is InChI=1S/C25H34N2O2S/c1-17(2)26-25(29)21(6)27(14-23-10-8-7-9-20(23)5)24(28)16-30-15-22-12-18(3)11-19(4)13-22/h7-13,17,21H,14-16H2,1-6H3,(H,26,29)/t21-/m0/s1. The number of rotatable bonds is 9. The number of nitrogens with zero attached hydrogens (tertiary/aromatic N) is 1. The Labute approximate surface area is 185 Å². The summed E-state index contributed by atoms with van der Waals surface area (Å²) in [6.07, 6.45) is 0. The van der Waals surface area contributed by atoms with Crippen LogP contribution in [-0.4, -0.2) is 34.6 Å². The van der Waals surface area contributed by atoms with E-state index in [-0.39, 0.29) is 17.9 Å². The summed E-state index contributed by atoms with van der Waals surface area (Å²) in [5.41, 5.74) is 5.87. The van der Waals surface area contributed by atoms with E-state index in [9.17, 15) is 9.59 Å². The fourth-order valence-corrected chi connectivity index (χ4v) is 4.30. The van der Waals surface area contributed by atoms with Gasteiger partial charge in [-0.15, -0.1) is 11.8 Å². The highest BCUT2D eigenvalue weighted by molar-refractivity contribution is 7.99. The summed E-state index contributed by atoms with van der Waals surface area (Å²) in [5, 5.41) is 2.93. The highest BCUT2D eigenvalue weighted by Gasteiger charge is 2.26. The molecule has 0 aliphatic rings. The molecule has 0 saturated carbocycles. The lowest BCUT2D eigenvalue weighted by molar-refractivity contribution is -0.138. The van der Waals surface area contributed by atoms with Crippen LogP contribution in [0.5, 0.6) is 0 Å². The normalized spacial score (nSPS) is 12.0. The third kappa shape index (κ3) is 7.21. The van der Waals surface area contributed by atoms with Gasteiger partial charge in [-0.2, -0.15) is 0 Å². The van der Waals surface area contributed by atoms with Crippen molar-refractivity contribution in [2.24, 2.45) is 0 Å². The highest BCUT2D eigenvalue weighted by Crippen LogP contribution is 2.19. The molecule has 162 valence electrons. The van der Waals surface area contributed by atoms with Gasteiger partial charge in [0.15, 0.2) is 0 Å². The van der Waals surface area contributed by atoms with Crippen LogP contribution in [-0.2, 0) is 21.9 Å². The van der Waals surface area contributed by atoms with Crippen LogP contribution in [0.3, 0.4) is 0 Å². The number of carbonyl (C=O) groups excluding carboxylic acids is 2. The molecule has 0 aliphatic heterocycles. The van der Waals surface area contributed by atoms with Crippen molar-refractivity contribution in [2.75, 3.05) is 5.75 Å². The smallest absolute Gasteiger partial charge is 0.242 e. The minimum absolute atomic E-state index is 0.0148. The zero-order chi connectivity index (χ0) is 22.3. The first-order valence-corrected chi connectivity index (χ1v) is 11.6. The molecule has 0 unspecified atom stereocenters. The Morgan fingerprint density at radius 2 is 1.63 bits per heavy atom. The Morgan fingerprint density at radius 1 is 1.00 bits per heavy atom. The Kier molecular flexibility index (Phi) is 8.97. The van der Waals surface area contributed by atoms with E-state index < -0.39 is 6.04 Å². The average Bonchev–Trinajstić information content (AvgIpc) is 2.65. The third-order valence-electron chi connectivity index (χ3n) is 4.98. The number of carbonyl (C=O) groups is 2. The average molecular weight is 427 g/mol. The fourth-order valence-electron chi connectivity index (χ4n) is 3.45. The van der Waals surface area contributed by atoms with E-state index in [0.29, 0.717) is 12.3 Å². The monoisotopic (exact) mass is 426 g/mol. The molecule has 2 aromatic carbocycles. The molecule has 30 heavy (non-hydrogen) atoms. The van der Waals surface area contributed by atoms with Gasteiger partial charge < -0.3 is 10.2 Å². The maximum absolute atomic E-state index is 13.1. The van der Waals surface area contributed by atoms with Crippen LogP contribution < -0.4 is 5.32 Å². The minimum atomic E-state index is -0.527. The zero-order valence-corrected chi connectivity index (χ0v) is 19.8. The van der Waals surface area contributed by atoms with Gasteiger partial charge in [0.25, 0.3) is 0 Å². The second-order valence-corrected chi connectivity index (χ2v) is 9.26. The number of amides is 2. The maximum Gasteiger partial charge on any atom is 0.242 e. The molecule has 0 aromatic heterocycles. The summed E-state index contributed by atoms with van der Waals surface area (Å²) >= 11 is 1.60. The lowest BCUT2D eigenvalue weighted by Crippen LogP contribution is -2.49. The second-order valence-electron chi connectivity index (χ2n) is 8.28. The van der Waals surface area contributed by atoms with Crippen molar-refractivity contribution in [3.63, 3.8) is 0 Å². The molecule has 0 spiro atoms. The molecule has 4 nitrogen and oxygen atoms in total. The number of benzene rings is 2. The minimum Gasteiger partial charge on any atom is -0.352 e. The third-order valence-corrected chi connectivity index (χ3v) is 5.96. The van der Waals surface area contributed by atoms with Crippen LogP contribution in [0.1, 0.15) is 48.6 Å². The van der Waals surface area contributed by atoms with Crippen LogP contribution in [0.2, 0.25) is 0 Å². The molecule has 0 radical (unpaired) electrons. The summed E-state index contributed by atoms with van der Waals surface area (Å²) < 4.78 is 0. The number of nitrogens with one attached hydrogen (secondary N) is 1. The van der Waals surface area contributed by atoms with Gasteiger partial charge in [0.2, 0.25) is 11.8 Å². The van der Waals surface area contributed by atoms with Crippen LogP contribution in [0.4, 0.5) is 0 Å². The molecule has 0 bridgehead atoms. The number of aryl methyl sites for hydroxylation is 3. The SMILES string of the molecule is Cc1cc(C)cc(CSCC(=O)N(Cc2ccccc2C)[C@@H](C)C(=O)NC(C)C)c1. The second kappa shape index (κ2) is 11.2. The van der Waals surface area contributed by atoms with Crippen molar-refractivity contribution in [2.45, 2.75) is 65.9 Å². The topological polar surface area (TPSA) is 49.4 Å². The summed E-state index contributed by atoms with van der Waals surface area (Å²) in [4.78, 5) is 27.5. The van der Waals surface area contributed by atoms with Gasteiger partial charge in [-0.1, -0.05) is 53.6 Å². The van der Waals surface area contributed by atoms with Crippen molar-refractivity contribution in [3.05, 3.63) is 70.3 Å². The highest BCUT2D eigenvalue weighted by atomic mass is 32.2. The Morgan fingerprint density at radius 3 is 2.23 bits per heavy atom. The predicted molar refractivity (Wildman–Crippen MR) is 127 cm³/mol. The lowest BCUT2D eigenvalue weighted by Gasteiger charge is -2.30. The van der Waals surface area contributed by atoms with E-state index in [1.54, 1.807) is 16.7 Å². The predicted octanol–water partition coefficient (Wildman–Crippen LogP) is 4.79. The first kappa shape index (κ1) is 24.0. The van der Waals surface area contributed by atoms with Gasteiger partial charge in [0.1, 0.15) is 6.04 Å².